The average Bonchev–Trinajstić information content (AvgIpc) is 3.15. The Morgan fingerprint density at radius 2 is 1.92 bits per heavy atom. The lowest BCUT2D eigenvalue weighted by Gasteiger charge is -2.17. The van der Waals surface area contributed by atoms with E-state index in [2.05, 4.69) is 34.0 Å². The summed E-state index contributed by atoms with van der Waals surface area (Å²) in [5, 5.41) is 18.7. The average molecular weight is 491 g/mol. The maximum atomic E-state index is 9.99. The van der Waals surface area contributed by atoms with Gasteiger partial charge in [-0.3, -0.25) is 0 Å². The molecule has 1 atom stereocenters. The van der Waals surface area contributed by atoms with E-state index in [9.17, 15) is 5.11 Å². The minimum atomic E-state index is -0.00548. The summed E-state index contributed by atoms with van der Waals surface area (Å²) < 4.78 is 10.4. The van der Waals surface area contributed by atoms with Gasteiger partial charge in [-0.2, -0.15) is 0 Å². The monoisotopic (exact) mass is 491 g/mol. The summed E-state index contributed by atoms with van der Waals surface area (Å²) in [6.45, 7) is 5.33. The molecule has 2 rings (SSSR count). The molecule has 0 aliphatic heterocycles. The molecule has 0 saturated heterocycles. The molecule has 6 nitrogen and oxygen atoms in total. The summed E-state index contributed by atoms with van der Waals surface area (Å²) >= 11 is 1.71. The molecular weight excluding hydrogens is 465 g/mol. The summed E-state index contributed by atoms with van der Waals surface area (Å²) in [7, 11) is 3.02. The highest BCUT2D eigenvalue weighted by molar-refractivity contribution is 14.0. The van der Waals surface area contributed by atoms with Gasteiger partial charge in [-0.05, 0) is 43.0 Å². The van der Waals surface area contributed by atoms with Gasteiger partial charge in [-0.25, -0.2) is 4.99 Å². The lowest BCUT2D eigenvalue weighted by molar-refractivity contribution is 0.339. The quantitative estimate of drug-likeness (QED) is 0.311. The highest BCUT2D eigenvalue weighted by atomic mass is 127. The number of phenols is 1. The van der Waals surface area contributed by atoms with Crippen molar-refractivity contribution in [2.75, 3.05) is 20.8 Å². The summed E-state index contributed by atoms with van der Waals surface area (Å²) in [6.07, 6.45) is 0. The van der Waals surface area contributed by atoms with E-state index in [1.165, 1.54) is 19.1 Å². The fraction of sp³-hybridized carbons (Fsp3) is 0.389. The first-order valence-corrected chi connectivity index (χ1v) is 8.99. The lowest BCUT2D eigenvalue weighted by Crippen LogP contribution is -2.38. The molecule has 0 amide bonds. The van der Waals surface area contributed by atoms with Crippen LogP contribution >= 0.6 is 35.3 Å². The number of guanidine groups is 1. The zero-order valence-corrected chi connectivity index (χ0v) is 18.6. The zero-order valence-electron chi connectivity index (χ0n) is 15.4. The molecule has 1 aromatic heterocycles. The second-order valence-corrected chi connectivity index (χ2v) is 6.40. The number of nitrogens with zero attached hydrogens (tertiary/aromatic N) is 1. The number of hydrogen-bond acceptors (Lipinski definition) is 5. The molecule has 0 radical (unpaired) electrons. The van der Waals surface area contributed by atoms with E-state index in [0.29, 0.717) is 18.0 Å². The number of aliphatic imine (C=N–C) groups is 1. The van der Waals surface area contributed by atoms with E-state index < -0.39 is 0 Å². The number of nitrogens with one attached hydrogen (secondary N) is 2. The number of ether oxygens (including phenoxy) is 2. The number of halogens is 1. The van der Waals surface area contributed by atoms with Gasteiger partial charge in [-0.1, -0.05) is 6.07 Å². The molecule has 1 aromatic carbocycles. The molecule has 0 spiro atoms. The minimum Gasteiger partial charge on any atom is -0.502 e. The highest BCUT2D eigenvalue weighted by Gasteiger charge is 2.12. The van der Waals surface area contributed by atoms with Crippen molar-refractivity contribution in [1.29, 1.82) is 0 Å². The fourth-order valence-corrected chi connectivity index (χ4v) is 3.08. The van der Waals surface area contributed by atoms with Crippen LogP contribution < -0.4 is 20.1 Å². The van der Waals surface area contributed by atoms with Crippen LogP contribution in [-0.4, -0.2) is 31.8 Å². The molecule has 0 fully saturated rings. The predicted molar refractivity (Wildman–Crippen MR) is 117 cm³/mol. The molecule has 0 aliphatic carbocycles. The first-order chi connectivity index (χ1) is 12.1. The molecule has 1 unspecified atom stereocenters. The second-order valence-electron chi connectivity index (χ2n) is 5.43. The number of methoxy groups -OCH3 is 2. The van der Waals surface area contributed by atoms with Crippen LogP contribution in [0, 0.1) is 0 Å². The van der Waals surface area contributed by atoms with Gasteiger partial charge in [0.05, 0.1) is 26.8 Å². The van der Waals surface area contributed by atoms with Crippen LogP contribution in [0.3, 0.4) is 0 Å². The van der Waals surface area contributed by atoms with Crippen LogP contribution in [0.4, 0.5) is 0 Å². The number of benzene rings is 1. The Morgan fingerprint density at radius 3 is 2.42 bits per heavy atom. The molecule has 2 aromatic rings. The van der Waals surface area contributed by atoms with Crippen LogP contribution in [0.15, 0.2) is 34.6 Å². The molecule has 26 heavy (non-hydrogen) atoms. The van der Waals surface area contributed by atoms with Gasteiger partial charge in [0.15, 0.2) is 17.5 Å². The van der Waals surface area contributed by atoms with E-state index >= 15 is 0 Å². The SMILES string of the molecule is CCNC(=NCc1cc(OC)c(O)c(OC)c1)NC(C)c1cccs1.I. The molecule has 0 aliphatic rings. The Bertz CT molecular complexity index is 683. The summed E-state index contributed by atoms with van der Waals surface area (Å²) in [5.74, 6) is 1.47. The smallest absolute Gasteiger partial charge is 0.200 e. The molecule has 0 saturated carbocycles. The maximum absolute atomic E-state index is 9.99. The van der Waals surface area contributed by atoms with E-state index in [-0.39, 0.29) is 35.8 Å². The number of thiophene rings is 1. The zero-order chi connectivity index (χ0) is 18.2. The Kier molecular flexibility index (Phi) is 9.57. The molecule has 1 heterocycles. The summed E-state index contributed by atoms with van der Waals surface area (Å²) in [6, 6.07) is 7.82. The lowest BCUT2D eigenvalue weighted by atomic mass is 10.2. The van der Waals surface area contributed by atoms with Crippen molar-refractivity contribution in [3.63, 3.8) is 0 Å². The van der Waals surface area contributed by atoms with Crippen molar-refractivity contribution in [2.45, 2.75) is 26.4 Å². The van der Waals surface area contributed by atoms with Crippen LogP contribution in [0.25, 0.3) is 0 Å². The van der Waals surface area contributed by atoms with Crippen LogP contribution in [-0.2, 0) is 6.54 Å². The third-order valence-corrected chi connectivity index (χ3v) is 4.68. The second kappa shape index (κ2) is 11.1. The standard InChI is InChI=1S/C18H25N3O3S.HI/c1-5-19-18(21-12(2)16-7-6-8-25-16)20-11-13-9-14(23-3)17(22)15(10-13)24-4;/h6-10,12,22H,5,11H2,1-4H3,(H2,19,20,21);1H. The van der Waals surface area contributed by atoms with Gasteiger partial charge in [0.1, 0.15) is 0 Å². The Hall–Kier alpha value is -1.68. The van der Waals surface area contributed by atoms with Crippen molar-refractivity contribution in [2.24, 2.45) is 4.99 Å². The van der Waals surface area contributed by atoms with Crippen molar-refractivity contribution < 1.29 is 14.6 Å². The van der Waals surface area contributed by atoms with Crippen LogP contribution in [0.1, 0.15) is 30.3 Å². The normalized spacial score (nSPS) is 12.1. The minimum absolute atomic E-state index is 0. The molecular formula is C18H26IN3O3S. The summed E-state index contributed by atoms with van der Waals surface area (Å²) in [4.78, 5) is 5.87. The van der Waals surface area contributed by atoms with Crippen LogP contribution in [0.2, 0.25) is 0 Å². The van der Waals surface area contributed by atoms with Gasteiger partial charge >= 0.3 is 0 Å². The number of hydrogen-bond donors (Lipinski definition) is 3. The third-order valence-electron chi connectivity index (χ3n) is 3.63. The van der Waals surface area contributed by atoms with Crippen molar-refractivity contribution in [3.05, 3.63) is 40.1 Å². The number of aromatic hydroxyl groups is 1. The third kappa shape index (κ3) is 5.94. The Morgan fingerprint density at radius 1 is 1.27 bits per heavy atom. The Balaban J connectivity index is 0.00000338. The largest absolute Gasteiger partial charge is 0.502 e. The van der Waals surface area contributed by atoms with Crippen molar-refractivity contribution in [3.8, 4) is 17.2 Å². The first kappa shape index (κ1) is 22.4. The van der Waals surface area contributed by atoms with E-state index in [0.717, 1.165) is 18.1 Å². The van der Waals surface area contributed by atoms with Crippen LogP contribution in [0.5, 0.6) is 17.2 Å². The van der Waals surface area contributed by atoms with E-state index in [1.54, 1.807) is 23.5 Å². The molecule has 3 N–H and O–H groups in total. The van der Waals surface area contributed by atoms with Crippen molar-refractivity contribution >= 4 is 41.3 Å². The van der Waals surface area contributed by atoms with E-state index in [1.807, 2.05) is 13.0 Å². The first-order valence-electron chi connectivity index (χ1n) is 8.11. The maximum Gasteiger partial charge on any atom is 0.200 e. The summed E-state index contributed by atoms with van der Waals surface area (Å²) in [5.41, 5.74) is 0.882. The predicted octanol–water partition coefficient (Wildman–Crippen LogP) is 3.91. The van der Waals surface area contributed by atoms with E-state index in [4.69, 9.17) is 9.47 Å². The molecule has 0 bridgehead atoms. The van der Waals surface area contributed by atoms with Gasteiger partial charge in [-0.15, -0.1) is 35.3 Å². The van der Waals surface area contributed by atoms with Crippen molar-refractivity contribution in [1.82, 2.24) is 10.6 Å². The number of rotatable bonds is 7. The molecule has 144 valence electrons. The number of phenolic OH excluding ortho intramolecular Hbond substituents is 1. The Labute approximate surface area is 175 Å². The van der Waals surface area contributed by atoms with Gasteiger partial charge in [0.25, 0.3) is 0 Å². The van der Waals surface area contributed by atoms with Gasteiger partial charge in [0, 0.05) is 11.4 Å². The van der Waals surface area contributed by atoms with Gasteiger partial charge < -0.3 is 25.2 Å². The topological polar surface area (TPSA) is 75.1 Å². The highest BCUT2D eigenvalue weighted by Crippen LogP contribution is 2.37. The fourth-order valence-electron chi connectivity index (χ4n) is 2.34. The van der Waals surface area contributed by atoms with Gasteiger partial charge in [0.2, 0.25) is 5.75 Å². The molecule has 8 heteroatoms.